The molecule has 16 heteroatoms. The molecule has 7 nitrogen and oxygen atoms in total. The zero-order chi connectivity index (χ0) is 21.3. The van der Waals surface area contributed by atoms with Crippen molar-refractivity contribution in [2.24, 2.45) is 5.34 Å². The van der Waals surface area contributed by atoms with Gasteiger partial charge in [0.05, 0.1) is 20.0 Å². The van der Waals surface area contributed by atoms with E-state index < -0.39 is 43.9 Å². The van der Waals surface area contributed by atoms with Crippen molar-refractivity contribution >= 4 is 52.1 Å². The van der Waals surface area contributed by atoms with Gasteiger partial charge in [0.25, 0.3) is 0 Å². The van der Waals surface area contributed by atoms with Gasteiger partial charge >= 0.3 is 57.1 Å². The first-order valence-electron chi connectivity index (χ1n) is 5.86. The average molecular weight is 512 g/mol. The Labute approximate surface area is 215 Å². The second-order valence-electron chi connectivity index (χ2n) is 3.90. The topological polar surface area (TPSA) is 105 Å². The van der Waals surface area contributed by atoms with Gasteiger partial charge in [0.2, 0.25) is 5.82 Å². The van der Waals surface area contributed by atoms with Gasteiger partial charge in [0.15, 0.2) is 17.5 Å². The van der Waals surface area contributed by atoms with Crippen molar-refractivity contribution in [3.8, 4) is 0 Å². The summed E-state index contributed by atoms with van der Waals surface area (Å²) in [5.41, 5.74) is -1.15. The summed E-state index contributed by atoms with van der Waals surface area (Å²) in [6.07, 6.45) is 0. The molecule has 2 aromatic rings. The summed E-state index contributed by atoms with van der Waals surface area (Å²) < 4.78 is 49.8. The molecule has 148 valence electrons. The minimum Gasteiger partial charge on any atom is -0.635 e. The van der Waals surface area contributed by atoms with Gasteiger partial charge in [-0.25, -0.2) is 13.2 Å². The second kappa shape index (κ2) is 14.7. The van der Waals surface area contributed by atoms with Crippen LogP contribution < -0.4 is 56.6 Å². The quantitative estimate of drug-likeness (QED) is 0.117. The van der Waals surface area contributed by atoms with Crippen molar-refractivity contribution in [2.75, 3.05) is 0 Å². The minimum atomic E-state index is -1.61. The zero-order valence-corrected chi connectivity index (χ0v) is 19.3. The van der Waals surface area contributed by atoms with E-state index in [0.717, 1.165) is 12.1 Å². The summed E-state index contributed by atoms with van der Waals surface area (Å²) in [6.45, 7) is 0. The summed E-state index contributed by atoms with van der Waals surface area (Å²) in [4.78, 5) is 19.8. The molecule has 0 aliphatic heterocycles. The van der Waals surface area contributed by atoms with Crippen LogP contribution in [-0.4, -0.2) is 4.92 Å². The summed E-state index contributed by atoms with van der Waals surface area (Å²) in [6, 6.07) is 2.24. The molecule has 0 radical (unpaired) electrons. The van der Waals surface area contributed by atoms with Crippen molar-refractivity contribution < 1.29 is 84.1 Å². The molecule has 0 saturated heterocycles. The first kappa shape index (κ1) is 29.9. The Hall–Kier alpha value is -0.284. The predicted molar refractivity (Wildman–Crippen MR) is 86.3 cm³/mol. The molecule has 0 bridgehead atoms. The fourth-order valence-corrected chi connectivity index (χ4v) is 1.91. The Morgan fingerprint density at radius 2 is 1.25 bits per heavy atom. The van der Waals surface area contributed by atoms with Crippen LogP contribution in [0.15, 0.2) is 23.5 Å². The van der Waals surface area contributed by atoms with E-state index in [1.807, 2.05) is 0 Å². The van der Waals surface area contributed by atoms with E-state index in [2.05, 4.69) is 4.99 Å². The number of halogens is 8. The standard InChI is InChI=1S/C6HCl2F2NO2.C6H2Cl2F2.K.HNO3/c7-2-1-3(9)5(10)6(4(2)8)11(12)13;7-3-1-5(9)6(10)2-4(3)8;;2-1-4-3/h1H;1-2H;;3H/q;;+1;/p-1. The van der Waals surface area contributed by atoms with Gasteiger partial charge < -0.3 is 10.2 Å². The fraction of sp³-hybridized carbons (Fsp3) is 0. The summed E-state index contributed by atoms with van der Waals surface area (Å²) >= 11 is 21.3. The van der Waals surface area contributed by atoms with E-state index in [9.17, 15) is 27.7 Å². The number of nitrogens with zero attached hydrogens (tertiary/aromatic N) is 2. The second-order valence-corrected chi connectivity index (χ2v) is 5.50. The molecule has 0 aromatic heterocycles. The van der Waals surface area contributed by atoms with Crippen LogP contribution in [0.4, 0.5) is 23.2 Å². The third-order valence-corrected chi connectivity index (χ3v) is 3.76. The van der Waals surface area contributed by atoms with Crippen LogP contribution in [-0.2, 0) is 4.99 Å². The number of hydrogen-bond acceptors (Lipinski definition) is 6. The summed E-state index contributed by atoms with van der Waals surface area (Å²) in [5, 5.41) is 19.0. The van der Waals surface area contributed by atoms with Gasteiger partial charge in [-0.1, -0.05) is 46.4 Å². The van der Waals surface area contributed by atoms with Crippen molar-refractivity contribution in [3.05, 3.63) is 76.6 Å². The van der Waals surface area contributed by atoms with E-state index in [1.54, 1.807) is 0 Å². The Balaban J connectivity index is 0. The molecule has 0 heterocycles. The molecule has 0 amide bonds. The molecule has 0 spiro atoms. The molecule has 2 rings (SSSR count). The normalized spacial score (nSPS) is 9.04. The number of benzene rings is 2. The van der Waals surface area contributed by atoms with Crippen molar-refractivity contribution in [1.29, 1.82) is 0 Å². The van der Waals surface area contributed by atoms with Crippen LogP contribution in [0.1, 0.15) is 0 Å². The van der Waals surface area contributed by atoms with Gasteiger partial charge in [-0.05, 0) is 18.2 Å². The fourth-order valence-electron chi connectivity index (χ4n) is 1.22. The Morgan fingerprint density at radius 1 is 0.893 bits per heavy atom. The van der Waals surface area contributed by atoms with Gasteiger partial charge in [-0.2, -0.15) is 4.39 Å². The van der Waals surface area contributed by atoms with E-state index in [1.165, 1.54) is 5.34 Å². The molecule has 0 atom stereocenters. The number of hydrogen-bond donors (Lipinski definition) is 0. The molecule has 0 fully saturated rings. The first-order chi connectivity index (χ1) is 12.5. The van der Waals surface area contributed by atoms with Crippen LogP contribution in [0.5, 0.6) is 0 Å². The van der Waals surface area contributed by atoms with E-state index >= 15 is 0 Å². The molecule has 0 saturated carbocycles. The average Bonchev–Trinajstić information content (AvgIpc) is 2.59. The van der Waals surface area contributed by atoms with Crippen LogP contribution >= 0.6 is 46.4 Å². The minimum absolute atomic E-state index is 0. The van der Waals surface area contributed by atoms with Gasteiger partial charge in [0.1, 0.15) is 10.4 Å². The largest absolute Gasteiger partial charge is 1.00 e. The van der Waals surface area contributed by atoms with Crippen LogP contribution in [0.3, 0.4) is 0 Å². The molecule has 28 heavy (non-hydrogen) atoms. The smallest absolute Gasteiger partial charge is 0.635 e. The van der Waals surface area contributed by atoms with Crippen LogP contribution in [0, 0.1) is 38.3 Å². The third-order valence-electron chi connectivity index (χ3n) is 2.26. The Bertz CT molecular complexity index is 774. The molecule has 0 N–H and O–H groups in total. The Kier molecular flexibility index (Phi) is 15.7. The van der Waals surface area contributed by atoms with Gasteiger partial charge in [-0.3, -0.25) is 10.1 Å². The molecule has 0 unspecified atom stereocenters. The number of nitro benzene ring substituents is 1. The molecular formula is C12H3Cl4F4KN2O5. The maximum absolute atomic E-state index is 12.7. The van der Waals surface area contributed by atoms with E-state index in [4.69, 9.17) is 56.6 Å². The predicted octanol–water partition coefficient (Wildman–Crippen LogP) is 2.42. The van der Waals surface area contributed by atoms with E-state index in [0.29, 0.717) is 6.07 Å². The van der Waals surface area contributed by atoms with Crippen LogP contribution in [0.25, 0.3) is 0 Å². The maximum atomic E-state index is 12.7. The molecule has 0 aliphatic rings. The maximum Gasteiger partial charge on any atom is 1.00 e. The zero-order valence-electron chi connectivity index (χ0n) is 13.2. The van der Waals surface area contributed by atoms with Gasteiger partial charge in [0, 0.05) is 0 Å². The van der Waals surface area contributed by atoms with E-state index in [-0.39, 0.29) is 61.4 Å². The van der Waals surface area contributed by atoms with Crippen LogP contribution in [0.2, 0.25) is 20.1 Å². The molecule has 2 aromatic carbocycles. The molecular weight excluding hydrogens is 509 g/mol. The Morgan fingerprint density at radius 3 is 1.57 bits per heavy atom. The van der Waals surface area contributed by atoms with Crippen molar-refractivity contribution in [2.45, 2.75) is 0 Å². The van der Waals surface area contributed by atoms with Crippen molar-refractivity contribution in [1.82, 2.24) is 0 Å². The monoisotopic (exact) mass is 510 g/mol. The number of rotatable bonds is 2. The summed E-state index contributed by atoms with van der Waals surface area (Å²) in [5.74, 6) is -5.00. The first-order valence-corrected chi connectivity index (χ1v) is 7.38. The summed E-state index contributed by atoms with van der Waals surface area (Å²) in [7, 11) is 0. The van der Waals surface area contributed by atoms with Crippen molar-refractivity contribution in [3.63, 3.8) is 0 Å². The van der Waals surface area contributed by atoms with Gasteiger partial charge in [-0.15, -0.1) is 4.91 Å². The third kappa shape index (κ3) is 9.48. The molecule has 0 aliphatic carbocycles. The SMILES string of the molecule is Fc1cc(Cl)c(Cl)cc1F.O=NO[O-].O=[N+]([O-])c1c(F)c(F)cc(Cl)c1Cl.[K+]. The number of nitro groups is 1.